The Balaban J connectivity index is 1.58. The molecule has 1 aliphatic heterocycles. The van der Waals surface area contributed by atoms with Crippen molar-refractivity contribution < 1.29 is 32.3 Å². The molecule has 2 N–H and O–H groups in total. The minimum Gasteiger partial charge on any atom is -0.452 e. The first kappa shape index (κ1) is 23.5. The van der Waals surface area contributed by atoms with E-state index >= 15 is 0 Å². The van der Waals surface area contributed by atoms with Gasteiger partial charge in [-0.1, -0.05) is 24.4 Å². The minimum absolute atomic E-state index is 0.0376. The number of carbonyl (C=O) groups is 3. The number of hydrogen-bond acceptors (Lipinski definition) is 7. The predicted molar refractivity (Wildman–Crippen MR) is 110 cm³/mol. The summed E-state index contributed by atoms with van der Waals surface area (Å²) in [6.07, 6.45) is 3.79. The highest BCUT2D eigenvalue weighted by molar-refractivity contribution is 7.89. The van der Waals surface area contributed by atoms with Crippen molar-refractivity contribution in [3.63, 3.8) is 0 Å². The van der Waals surface area contributed by atoms with Crippen molar-refractivity contribution in [3.8, 4) is 0 Å². The molecule has 3 amide bonds. The van der Waals surface area contributed by atoms with E-state index in [1.165, 1.54) is 16.4 Å². The first-order valence-corrected chi connectivity index (χ1v) is 11.7. The molecule has 1 aromatic rings. The van der Waals surface area contributed by atoms with Crippen molar-refractivity contribution in [2.24, 2.45) is 0 Å². The molecule has 0 radical (unpaired) electrons. The first-order valence-electron chi connectivity index (χ1n) is 9.92. The molecule has 2 aliphatic rings. The lowest BCUT2D eigenvalue weighted by atomic mass is 10.2. The van der Waals surface area contributed by atoms with Gasteiger partial charge in [-0.05, 0) is 31.0 Å². The summed E-state index contributed by atoms with van der Waals surface area (Å²) in [5.41, 5.74) is -0.0839. The van der Waals surface area contributed by atoms with Crippen LogP contribution in [0.1, 0.15) is 36.0 Å². The van der Waals surface area contributed by atoms with Crippen LogP contribution >= 0.6 is 11.6 Å². The van der Waals surface area contributed by atoms with Crippen molar-refractivity contribution in [2.45, 2.75) is 36.6 Å². The Kier molecular flexibility index (Phi) is 7.87. The van der Waals surface area contributed by atoms with Crippen LogP contribution in [0.3, 0.4) is 0 Å². The van der Waals surface area contributed by atoms with E-state index in [4.69, 9.17) is 21.1 Å². The average Bonchev–Trinajstić information content (AvgIpc) is 3.25. The fourth-order valence-corrected chi connectivity index (χ4v) is 5.33. The van der Waals surface area contributed by atoms with Crippen LogP contribution in [0.5, 0.6) is 0 Å². The Morgan fingerprint density at radius 3 is 2.52 bits per heavy atom. The Bertz CT molecular complexity index is 942. The fourth-order valence-electron chi connectivity index (χ4n) is 3.42. The molecule has 0 aromatic heterocycles. The third kappa shape index (κ3) is 6.16. The maximum Gasteiger partial charge on any atom is 0.338 e. The molecule has 1 aromatic carbocycles. The number of carbonyl (C=O) groups excluding carboxylic acids is 3. The maximum absolute atomic E-state index is 12.8. The van der Waals surface area contributed by atoms with Crippen LogP contribution in [0, 0.1) is 0 Å². The number of nitrogens with zero attached hydrogens (tertiary/aromatic N) is 1. The van der Waals surface area contributed by atoms with Crippen LogP contribution in [0.4, 0.5) is 4.79 Å². The van der Waals surface area contributed by atoms with Gasteiger partial charge in [-0.25, -0.2) is 18.0 Å². The quantitative estimate of drug-likeness (QED) is 0.595. The molecule has 1 heterocycles. The van der Waals surface area contributed by atoms with Gasteiger partial charge in [0.15, 0.2) is 6.61 Å². The van der Waals surface area contributed by atoms with Crippen LogP contribution in [-0.2, 0) is 24.3 Å². The number of imide groups is 1. The lowest BCUT2D eigenvalue weighted by molar-refractivity contribution is -0.123. The Morgan fingerprint density at radius 1 is 1.16 bits per heavy atom. The zero-order valence-corrected chi connectivity index (χ0v) is 18.3. The van der Waals surface area contributed by atoms with Gasteiger partial charge in [0.25, 0.3) is 5.91 Å². The zero-order chi connectivity index (χ0) is 22.4. The standard InChI is InChI=1S/C19H24ClN3O7S/c20-15-6-5-13(11-16(15)31(27,28)23-7-9-29-10-8-23)18(25)30-12-17(24)22-19(26)21-14-3-1-2-4-14/h5-6,11,14H,1-4,7-10,12H2,(H2,21,22,24,26). The lowest BCUT2D eigenvalue weighted by Crippen LogP contribution is -2.45. The van der Waals surface area contributed by atoms with Gasteiger partial charge in [0.1, 0.15) is 4.90 Å². The summed E-state index contributed by atoms with van der Waals surface area (Å²) in [4.78, 5) is 35.7. The summed E-state index contributed by atoms with van der Waals surface area (Å²) in [5, 5.41) is 4.75. The summed E-state index contributed by atoms with van der Waals surface area (Å²) in [6.45, 7) is 0.196. The number of nitrogens with one attached hydrogen (secondary N) is 2. The van der Waals surface area contributed by atoms with Gasteiger partial charge in [0, 0.05) is 19.1 Å². The number of morpholine rings is 1. The molecule has 3 rings (SSSR count). The van der Waals surface area contributed by atoms with Crippen LogP contribution in [0.15, 0.2) is 23.1 Å². The van der Waals surface area contributed by atoms with E-state index in [1.807, 2.05) is 0 Å². The molecule has 170 valence electrons. The molecule has 1 saturated carbocycles. The Hall–Kier alpha value is -2.21. The molecule has 0 atom stereocenters. The van der Waals surface area contributed by atoms with E-state index in [0.29, 0.717) is 0 Å². The molecule has 31 heavy (non-hydrogen) atoms. The number of hydrogen-bond donors (Lipinski definition) is 2. The van der Waals surface area contributed by atoms with Crippen molar-refractivity contribution in [1.29, 1.82) is 0 Å². The molecule has 12 heteroatoms. The number of esters is 1. The molecule has 10 nitrogen and oxygen atoms in total. The van der Waals surface area contributed by atoms with Crippen LogP contribution in [-0.4, -0.2) is 69.6 Å². The molecule has 1 saturated heterocycles. The van der Waals surface area contributed by atoms with E-state index in [9.17, 15) is 22.8 Å². The fraction of sp³-hybridized carbons (Fsp3) is 0.526. The molecule has 0 spiro atoms. The molecule has 2 fully saturated rings. The third-order valence-corrected chi connectivity index (χ3v) is 7.41. The summed E-state index contributed by atoms with van der Waals surface area (Å²) in [6, 6.07) is 3.09. The summed E-state index contributed by atoms with van der Waals surface area (Å²) >= 11 is 6.06. The number of amides is 3. The van der Waals surface area contributed by atoms with Gasteiger partial charge in [0.2, 0.25) is 10.0 Å². The number of rotatable bonds is 6. The van der Waals surface area contributed by atoms with Crippen LogP contribution < -0.4 is 10.6 Å². The van der Waals surface area contributed by atoms with E-state index < -0.39 is 34.5 Å². The second kappa shape index (κ2) is 10.4. The number of benzene rings is 1. The largest absolute Gasteiger partial charge is 0.452 e. The van der Waals surface area contributed by atoms with E-state index in [-0.39, 0.29) is 47.8 Å². The smallest absolute Gasteiger partial charge is 0.338 e. The monoisotopic (exact) mass is 473 g/mol. The average molecular weight is 474 g/mol. The Labute approximate surface area is 185 Å². The van der Waals surface area contributed by atoms with E-state index in [1.54, 1.807) is 0 Å². The van der Waals surface area contributed by atoms with Gasteiger partial charge >= 0.3 is 12.0 Å². The zero-order valence-electron chi connectivity index (χ0n) is 16.8. The highest BCUT2D eigenvalue weighted by Crippen LogP contribution is 2.26. The van der Waals surface area contributed by atoms with Crippen molar-refractivity contribution in [3.05, 3.63) is 28.8 Å². The highest BCUT2D eigenvalue weighted by Gasteiger charge is 2.29. The van der Waals surface area contributed by atoms with Gasteiger partial charge in [0.05, 0.1) is 23.8 Å². The highest BCUT2D eigenvalue weighted by atomic mass is 35.5. The lowest BCUT2D eigenvalue weighted by Gasteiger charge is -2.26. The van der Waals surface area contributed by atoms with Crippen LogP contribution in [0.2, 0.25) is 5.02 Å². The second-order valence-corrected chi connectivity index (χ2v) is 9.55. The van der Waals surface area contributed by atoms with Gasteiger partial charge < -0.3 is 14.8 Å². The third-order valence-electron chi connectivity index (χ3n) is 5.03. The molecule has 1 aliphatic carbocycles. The van der Waals surface area contributed by atoms with E-state index in [2.05, 4.69) is 10.6 Å². The molecule has 0 bridgehead atoms. The van der Waals surface area contributed by atoms with Crippen molar-refractivity contribution in [1.82, 2.24) is 14.9 Å². The minimum atomic E-state index is -3.93. The number of urea groups is 1. The molecular weight excluding hydrogens is 450 g/mol. The molecular formula is C19H24ClN3O7S. The van der Waals surface area contributed by atoms with E-state index in [0.717, 1.165) is 31.7 Å². The van der Waals surface area contributed by atoms with Gasteiger partial charge in [-0.2, -0.15) is 4.31 Å². The predicted octanol–water partition coefficient (Wildman–Crippen LogP) is 1.29. The second-order valence-electron chi connectivity index (χ2n) is 7.24. The first-order chi connectivity index (χ1) is 14.8. The number of halogens is 1. The normalized spacial score (nSPS) is 17.8. The summed E-state index contributed by atoms with van der Waals surface area (Å²) in [7, 11) is -3.93. The maximum atomic E-state index is 12.8. The topological polar surface area (TPSA) is 131 Å². The number of ether oxygens (including phenoxy) is 2. The van der Waals surface area contributed by atoms with Crippen molar-refractivity contribution in [2.75, 3.05) is 32.9 Å². The van der Waals surface area contributed by atoms with Gasteiger partial charge in [-0.3, -0.25) is 10.1 Å². The summed E-state index contributed by atoms with van der Waals surface area (Å²) in [5.74, 6) is -1.71. The van der Waals surface area contributed by atoms with Crippen molar-refractivity contribution >= 4 is 39.5 Å². The summed E-state index contributed by atoms with van der Waals surface area (Å²) < 4.78 is 37.0. The Morgan fingerprint density at radius 2 is 1.84 bits per heavy atom. The molecule has 0 unspecified atom stereocenters. The SMILES string of the molecule is O=C(COC(=O)c1ccc(Cl)c(S(=O)(=O)N2CCOCC2)c1)NC(=O)NC1CCCC1. The number of sulfonamides is 1. The van der Waals surface area contributed by atoms with Gasteiger partial charge in [-0.15, -0.1) is 0 Å². The van der Waals surface area contributed by atoms with Crippen LogP contribution in [0.25, 0.3) is 0 Å².